The molecule has 2 saturated carbocycles. The average molecular weight is 417 g/mol. The maximum Gasteiger partial charge on any atom is 0.250 e. The fraction of sp³-hybridized carbons (Fsp3) is 0.667. The molecule has 0 N–H and O–H groups in total. The summed E-state index contributed by atoms with van der Waals surface area (Å²) in [5.41, 5.74) is 0.898. The molecule has 0 spiro atoms. The van der Waals surface area contributed by atoms with Gasteiger partial charge in [-0.15, -0.1) is 0 Å². The van der Waals surface area contributed by atoms with Gasteiger partial charge in [-0.2, -0.15) is 0 Å². The van der Waals surface area contributed by atoms with Crippen molar-refractivity contribution in [3.8, 4) is 0 Å². The Bertz CT molecular complexity index is 706. The lowest BCUT2D eigenvalue weighted by Crippen LogP contribution is -2.60. The van der Waals surface area contributed by atoms with Crippen LogP contribution in [0, 0.1) is 0 Å². The van der Waals surface area contributed by atoms with Crippen LogP contribution in [0.2, 0.25) is 5.02 Å². The second kappa shape index (κ2) is 9.51. The maximum absolute atomic E-state index is 13.8. The SMILES string of the molecule is O=C1[C@@H](c2ccc(Cl)cc2)N(C2CCCCCCC2)C(=O)CN1C1CCCCC1. The van der Waals surface area contributed by atoms with Crippen LogP contribution in [0.1, 0.15) is 88.7 Å². The molecule has 0 aromatic heterocycles. The van der Waals surface area contributed by atoms with Gasteiger partial charge in [0.1, 0.15) is 12.6 Å². The van der Waals surface area contributed by atoms with E-state index in [4.69, 9.17) is 11.6 Å². The van der Waals surface area contributed by atoms with Crippen molar-refractivity contribution in [1.82, 2.24) is 9.80 Å². The molecule has 29 heavy (non-hydrogen) atoms. The van der Waals surface area contributed by atoms with Crippen molar-refractivity contribution in [2.45, 2.75) is 95.2 Å². The Morgan fingerprint density at radius 2 is 1.24 bits per heavy atom. The molecular weight excluding hydrogens is 384 g/mol. The predicted octanol–water partition coefficient (Wildman–Crippen LogP) is 5.50. The lowest BCUT2D eigenvalue weighted by molar-refractivity contribution is -0.162. The number of carbonyl (C=O) groups excluding carboxylic acids is 2. The molecule has 0 unspecified atom stereocenters. The summed E-state index contributed by atoms with van der Waals surface area (Å²) in [5, 5.41) is 0.657. The Morgan fingerprint density at radius 3 is 1.86 bits per heavy atom. The van der Waals surface area contributed by atoms with E-state index < -0.39 is 6.04 Å². The summed E-state index contributed by atoms with van der Waals surface area (Å²) in [6, 6.07) is 7.42. The van der Waals surface area contributed by atoms with E-state index in [2.05, 4.69) is 0 Å². The van der Waals surface area contributed by atoms with Gasteiger partial charge in [-0.05, 0) is 43.4 Å². The highest BCUT2D eigenvalue weighted by molar-refractivity contribution is 6.30. The maximum atomic E-state index is 13.8. The number of nitrogens with zero attached hydrogens (tertiary/aromatic N) is 2. The first-order valence-corrected chi connectivity index (χ1v) is 11.9. The number of hydrogen-bond donors (Lipinski definition) is 0. The van der Waals surface area contributed by atoms with Crippen LogP contribution in [0.5, 0.6) is 0 Å². The molecule has 1 atom stereocenters. The molecule has 2 aliphatic carbocycles. The molecule has 3 aliphatic rings. The zero-order valence-corrected chi connectivity index (χ0v) is 18.1. The molecule has 0 bridgehead atoms. The third-order valence-electron chi connectivity index (χ3n) is 7.06. The van der Waals surface area contributed by atoms with Gasteiger partial charge < -0.3 is 9.80 Å². The van der Waals surface area contributed by atoms with Crippen LogP contribution in [0.25, 0.3) is 0 Å². The number of piperazine rings is 1. The summed E-state index contributed by atoms with van der Waals surface area (Å²) in [5.74, 6) is 0.238. The minimum absolute atomic E-state index is 0.112. The molecule has 1 aromatic rings. The highest BCUT2D eigenvalue weighted by atomic mass is 35.5. The van der Waals surface area contributed by atoms with Gasteiger partial charge in [0.05, 0.1) is 0 Å². The van der Waals surface area contributed by atoms with Crippen molar-refractivity contribution in [3.63, 3.8) is 0 Å². The van der Waals surface area contributed by atoms with E-state index >= 15 is 0 Å². The number of carbonyl (C=O) groups is 2. The first-order chi connectivity index (χ1) is 14.1. The summed E-state index contributed by atoms with van der Waals surface area (Å²) in [6.45, 7) is 0.254. The summed E-state index contributed by atoms with van der Waals surface area (Å²) >= 11 is 6.11. The first kappa shape index (κ1) is 20.7. The lowest BCUT2D eigenvalue weighted by Gasteiger charge is -2.47. The fourth-order valence-electron chi connectivity index (χ4n) is 5.50. The van der Waals surface area contributed by atoms with E-state index in [1.807, 2.05) is 34.1 Å². The zero-order valence-electron chi connectivity index (χ0n) is 17.3. The highest BCUT2D eigenvalue weighted by Gasteiger charge is 2.45. The topological polar surface area (TPSA) is 40.6 Å². The molecule has 158 valence electrons. The molecule has 5 heteroatoms. The van der Waals surface area contributed by atoms with Gasteiger partial charge in [0.15, 0.2) is 0 Å². The van der Waals surface area contributed by atoms with Crippen molar-refractivity contribution in [2.24, 2.45) is 0 Å². The lowest BCUT2D eigenvalue weighted by atomic mass is 9.89. The van der Waals surface area contributed by atoms with E-state index in [-0.39, 0.29) is 30.4 Å². The Morgan fingerprint density at radius 1 is 0.724 bits per heavy atom. The molecule has 2 amide bonds. The number of benzene rings is 1. The van der Waals surface area contributed by atoms with Gasteiger partial charge in [0.2, 0.25) is 5.91 Å². The Labute approximate surface area is 179 Å². The van der Waals surface area contributed by atoms with Gasteiger partial charge in [-0.1, -0.05) is 75.1 Å². The van der Waals surface area contributed by atoms with Gasteiger partial charge in [0, 0.05) is 17.1 Å². The van der Waals surface area contributed by atoms with E-state index in [1.54, 1.807) is 0 Å². The van der Waals surface area contributed by atoms with Crippen molar-refractivity contribution < 1.29 is 9.59 Å². The average Bonchev–Trinajstić information content (AvgIpc) is 2.71. The van der Waals surface area contributed by atoms with Crippen LogP contribution in [0.4, 0.5) is 0 Å². The largest absolute Gasteiger partial charge is 0.328 e. The first-order valence-electron chi connectivity index (χ1n) is 11.5. The van der Waals surface area contributed by atoms with Gasteiger partial charge in [-0.3, -0.25) is 9.59 Å². The third kappa shape index (κ3) is 4.63. The van der Waals surface area contributed by atoms with Crippen LogP contribution < -0.4 is 0 Å². The van der Waals surface area contributed by atoms with Crippen LogP contribution in [-0.2, 0) is 9.59 Å². The van der Waals surface area contributed by atoms with Gasteiger partial charge >= 0.3 is 0 Å². The molecule has 1 aliphatic heterocycles. The molecule has 4 nitrogen and oxygen atoms in total. The Balaban J connectivity index is 1.65. The summed E-state index contributed by atoms with van der Waals surface area (Å²) in [6.07, 6.45) is 13.6. The Hall–Kier alpha value is -1.55. The quantitative estimate of drug-likeness (QED) is 0.652. The predicted molar refractivity (Wildman–Crippen MR) is 116 cm³/mol. The molecule has 1 heterocycles. The van der Waals surface area contributed by atoms with Crippen LogP contribution in [0.15, 0.2) is 24.3 Å². The summed E-state index contributed by atoms with van der Waals surface area (Å²) < 4.78 is 0. The van der Waals surface area contributed by atoms with Crippen LogP contribution >= 0.6 is 11.6 Å². The molecule has 1 aromatic carbocycles. The number of halogens is 1. The van der Waals surface area contributed by atoms with Crippen molar-refractivity contribution in [2.75, 3.05) is 6.54 Å². The van der Waals surface area contributed by atoms with E-state index in [1.165, 1.54) is 25.7 Å². The fourth-order valence-corrected chi connectivity index (χ4v) is 5.63. The molecular formula is C24H33ClN2O2. The molecule has 0 radical (unpaired) electrons. The normalized spacial score (nSPS) is 25.8. The van der Waals surface area contributed by atoms with Gasteiger partial charge in [0.25, 0.3) is 5.91 Å². The summed E-state index contributed by atoms with van der Waals surface area (Å²) in [4.78, 5) is 31.1. The number of rotatable bonds is 3. The standard InChI is InChI=1S/C24H33ClN2O2/c25-19-15-13-18(14-16-19)23-24(29)26(20-9-7-4-8-10-20)17-22(28)27(23)21-11-5-2-1-3-6-12-21/h13-16,20-21,23H,1-12,17H2/t23-/m1/s1. The highest BCUT2D eigenvalue weighted by Crippen LogP contribution is 2.36. The van der Waals surface area contributed by atoms with E-state index in [0.717, 1.165) is 56.9 Å². The monoisotopic (exact) mass is 416 g/mol. The van der Waals surface area contributed by atoms with E-state index in [0.29, 0.717) is 5.02 Å². The summed E-state index contributed by atoms with van der Waals surface area (Å²) in [7, 11) is 0. The number of hydrogen-bond acceptors (Lipinski definition) is 2. The van der Waals surface area contributed by atoms with Crippen molar-refractivity contribution >= 4 is 23.4 Å². The zero-order chi connectivity index (χ0) is 20.2. The van der Waals surface area contributed by atoms with Crippen LogP contribution in [0.3, 0.4) is 0 Å². The third-order valence-corrected chi connectivity index (χ3v) is 7.31. The number of amides is 2. The Kier molecular flexibility index (Phi) is 6.79. The second-order valence-electron chi connectivity index (χ2n) is 9.01. The van der Waals surface area contributed by atoms with Crippen molar-refractivity contribution in [1.29, 1.82) is 0 Å². The minimum Gasteiger partial charge on any atom is -0.328 e. The van der Waals surface area contributed by atoms with E-state index in [9.17, 15) is 9.59 Å². The van der Waals surface area contributed by atoms with Crippen molar-refractivity contribution in [3.05, 3.63) is 34.9 Å². The minimum atomic E-state index is -0.500. The molecule has 1 saturated heterocycles. The smallest absolute Gasteiger partial charge is 0.250 e. The molecule has 4 rings (SSSR count). The molecule has 3 fully saturated rings. The second-order valence-corrected chi connectivity index (χ2v) is 9.45. The van der Waals surface area contributed by atoms with Gasteiger partial charge in [-0.25, -0.2) is 0 Å². The van der Waals surface area contributed by atoms with Crippen LogP contribution in [-0.4, -0.2) is 40.2 Å².